The van der Waals surface area contributed by atoms with Crippen molar-refractivity contribution in [1.82, 2.24) is 4.90 Å². The number of piperidine rings is 1. The molecule has 92 valence electrons. The standard InChI is InChI=1S/C11H20N2O3/c1-8(9(12)14)7-13-5-3-11(2,4-6-13)10(15)16/h8H,3-7H2,1-2H3,(H2,12,14)(H,15,16). The maximum atomic E-state index is 11.0. The van der Waals surface area contributed by atoms with Crippen LogP contribution in [0.15, 0.2) is 0 Å². The number of likely N-dealkylation sites (tertiary alicyclic amines) is 1. The van der Waals surface area contributed by atoms with Crippen LogP contribution >= 0.6 is 0 Å². The van der Waals surface area contributed by atoms with Crippen molar-refractivity contribution in [2.24, 2.45) is 17.1 Å². The molecule has 1 fully saturated rings. The Labute approximate surface area is 95.6 Å². The summed E-state index contributed by atoms with van der Waals surface area (Å²) >= 11 is 0. The molecule has 0 aromatic rings. The maximum absolute atomic E-state index is 11.0. The molecule has 3 N–H and O–H groups in total. The van der Waals surface area contributed by atoms with Crippen LogP contribution in [-0.2, 0) is 9.59 Å². The number of nitrogens with zero attached hydrogens (tertiary/aromatic N) is 1. The Morgan fingerprint density at radius 1 is 1.44 bits per heavy atom. The Balaban J connectivity index is 2.43. The molecule has 1 saturated heterocycles. The van der Waals surface area contributed by atoms with Gasteiger partial charge in [0, 0.05) is 12.5 Å². The molecule has 1 rings (SSSR count). The van der Waals surface area contributed by atoms with Crippen molar-refractivity contribution in [3.63, 3.8) is 0 Å². The average molecular weight is 228 g/mol. The van der Waals surface area contributed by atoms with Crippen LogP contribution in [0.4, 0.5) is 0 Å². The molecular weight excluding hydrogens is 208 g/mol. The Morgan fingerprint density at radius 2 is 1.94 bits per heavy atom. The summed E-state index contributed by atoms with van der Waals surface area (Å²) in [7, 11) is 0. The minimum Gasteiger partial charge on any atom is -0.481 e. The van der Waals surface area contributed by atoms with E-state index in [1.54, 1.807) is 13.8 Å². The van der Waals surface area contributed by atoms with Gasteiger partial charge >= 0.3 is 5.97 Å². The zero-order chi connectivity index (χ0) is 12.3. The highest BCUT2D eigenvalue weighted by Crippen LogP contribution is 2.31. The van der Waals surface area contributed by atoms with Crippen molar-refractivity contribution in [3.8, 4) is 0 Å². The number of hydrogen-bond acceptors (Lipinski definition) is 3. The normalized spacial score (nSPS) is 22.6. The van der Waals surface area contributed by atoms with E-state index in [4.69, 9.17) is 10.8 Å². The van der Waals surface area contributed by atoms with Crippen molar-refractivity contribution in [3.05, 3.63) is 0 Å². The molecule has 1 aliphatic heterocycles. The summed E-state index contributed by atoms with van der Waals surface area (Å²) in [6.07, 6.45) is 1.27. The van der Waals surface area contributed by atoms with Crippen LogP contribution in [0.1, 0.15) is 26.7 Å². The third-order valence-electron chi connectivity index (χ3n) is 3.49. The van der Waals surface area contributed by atoms with Gasteiger partial charge in [0.2, 0.25) is 5.91 Å². The monoisotopic (exact) mass is 228 g/mol. The molecule has 5 nitrogen and oxygen atoms in total. The number of amides is 1. The van der Waals surface area contributed by atoms with Gasteiger partial charge in [0.25, 0.3) is 0 Å². The first-order chi connectivity index (χ1) is 7.35. The molecule has 0 aromatic carbocycles. The van der Waals surface area contributed by atoms with E-state index >= 15 is 0 Å². The molecule has 0 aliphatic carbocycles. The average Bonchev–Trinajstić information content (AvgIpc) is 2.21. The fraction of sp³-hybridized carbons (Fsp3) is 0.818. The van der Waals surface area contributed by atoms with Crippen molar-refractivity contribution < 1.29 is 14.7 Å². The lowest BCUT2D eigenvalue weighted by Gasteiger charge is -2.37. The molecule has 1 amide bonds. The topological polar surface area (TPSA) is 83.6 Å². The summed E-state index contributed by atoms with van der Waals surface area (Å²) in [4.78, 5) is 24.0. The van der Waals surface area contributed by atoms with Gasteiger partial charge in [-0.05, 0) is 32.9 Å². The van der Waals surface area contributed by atoms with Gasteiger partial charge in [-0.15, -0.1) is 0 Å². The maximum Gasteiger partial charge on any atom is 0.309 e. The fourth-order valence-corrected chi connectivity index (χ4v) is 1.92. The zero-order valence-electron chi connectivity index (χ0n) is 9.90. The molecule has 0 radical (unpaired) electrons. The Hall–Kier alpha value is -1.10. The second-order valence-electron chi connectivity index (χ2n) is 4.97. The third-order valence-corrected chi connectivity index (χ3v) is 3.49. The SMILES string of the molecule is CC(CN1CCC(C)(C(=O)O)CC1)C(N)=O. The molecule has 16 heavy (non-hydrogen) atoms. The molecule has 5 heteroatoms. The van der Waals surface area contributed by atoms with Crippen molar-refractivity contribution in [2.75, 3.05) is 19.6 Å². The molecular formula is C11H20N2O3. The van der Waals surface area contributed by atoms with Crippen LogP contribution in [0.25, 0.3) is 0 Å². The summed E-state index contributed by atoms with van der Waals surface area (Å²) in [6, 6.07) is 0. The van der Waals surface area contributed by atoms with Gasteiger partial charge in [-0.3, -0.25) is 9.59 Å². The quantitative estimate of drug-likeness (QED) is 0.724. The predicted molar refractivity (Wildman–Crippen MR) is 59.8 cm³/mol. The molecule has 1 heterocycles. The lowest BCUT2D eigenvalue weighted by molar-refractivity contribution is -0.151. The Kier molecular flexibility index (Phi) is 3.91. The molecule has 0 saturated carbocycles. The van der Waals surface area contributed by atoms with Crippen LogP contribution in [0.2, 0.25) is 0 Å². The summed E-state index contributed by atoms with van der Waals surface area (Å²) in [5.74, 6) is -1.20. The van der Waals surface area contributed by atoms with Crippen LogP contribution in [-0.4, -0.2) is 41.5 Å². The van der Waals surface area contributed by atoms with E-state index in [0.29, 0.717) is 19.4 Å². The van der Waals surface area contributed by atoms with Gasteiger partial charge < -0.3 is 15.7 Å². The Bertz CT molecular complexity index is 283. The van der Waals surface area contributed by atoms with Crippen LogP contribution in [0, 0.1) is 11.3 Å². The first-order valence-corrected chi connectivity index (χ1v) is 5.60. The smallest absolute Gasteiger partial charge is 0.309 e. The first kappa shape index (κ1) is 13.0. The number of hydrogen-bond donors (Lipinski definition) is 2. The second kappa shape index (κ2) is 4.82. The summed E-state index contributed by atoms with van der Waals surface area (Å²) in [5, 5.41) is 9.06. The summed E-state index contributed by atoms with van der Waals surface area (Å²) in [6.45, 7) is 5.66. The number of primary amides is 1. The van der Waals surface area contributed by atoms with E-state index < -0.39 is 11.4 Å². The van der Waals surface area contributed by atoms with Gasteiger partial charge in [0.05, 0.1) is 5.41 Å². The number of carbonyl (C=O) groups excluding carboxylic acids is 1. The number of rotatable bonds is 4. The highest BCUT2D eigenvalue weighted by atomic mass is 16.4. The number of carboxylic acids is 1. The molecule has 1 atom stereocenters. The van der Waals surface area contributed by atoms with Gasteiger partial charge in [-0.2, -0.15) is 0 Å². The largest absolute Gasteiger partial charge is 0.481 e. The molecule has 0 spiro atoms. The Morgan fingerprint density at radius 3 is 2.31 bits per heavy atom. The highest BCUT2D eigenvalue weighted by molar-refractivity contribution is 5.76. The number of aliphatic carboxylic acids is 1. The number of carboxylic acid groups (broad SMARTS) is 1. The number of carbonyl (C=O) groups is 2. The third kappa shape index (κ3) is 2.95. The van der Waals surface area contributed by atoms with E-state index in [0.717, 1.165) is 13.1 Å². The van der Waals surface area contributed by atoms with Crippen LogP contribution in [0.3, 0.4) is 0 Å². The molecule has 1 aliphatic rings. The first-order valence-electron chi connectivity index (χ1n) is 5.60. The molecule has 1 unspecified atom stereocenters. The number of nitrogens with two attached hydrogens (primary N) is 1. The van der Waals surface area contributed by atoms with Crippen molar-refractivity contribution >= 4 is 11.9 Å². The van der Waals surface area contributed by atoms with Crippen molar-refractivity contribution in [2.45, 2.75) is 26.7 Å². The van der Waals surface area contributed by atoms with E-state index in [2.05, 4.69) is 4.90 Å². The minimum atomic E-state index is -0.727. The van der Waals surface area contributed by atoms with E-state index in [1.807, 2.05) is 0 Å². The lowest BCUT2D eigenvalue weighted by Crippen LogP contribution is -2.45. The van der Waals surface area contributed by atoms with Gasteiger partial charge in [0.15, 0.2) is 0 Å². The predicted octanol–water partition coefficient (Wildman–Crippen LogP) is 0.295. The van der Waals surface area contributed by atoms with E-state index in [1.165, 1.54) is 0 Å². The second-order valence-corrected chi connectivity index (χ2v) is 4.97. The van der Waals surface area contributed by atoms with Gasteiger partial charge in [-0.25, -0.2) is 0 Å². The lowest BCUT2D eigenvalue weighted by atomic mass is 9.80. The molecule has 0 aromatic heterocycles. The van der Waals surface area contributed by atoms with Crippen LogP contribution in [0.5, 0.6) is 0 Å². The summed E-state index contributed by atoms with van der Waals surface area (Å²) < 4.78 is 0. The molecule has 0 bridgehead atoms. The minimum absolute atomic E-state index is 0.172. The highest BCUT2D eigenvalue weighted by Gasteiger charge is 2.37. The fourth-order valence-electron chi connectivity index (χ4n) is 1.92. The van der Waals surface area contributed by atoms with Crippen molar-refractivity contribution in [1.29, 1.82) is 0 Å². The van der Waals surface area contributed by atoms with E-state index in [-0.39, 0.29) is 11.8 Å². The van der Waals surface area contributed by atoms with E-state index in [9.17, 15) is 9.59 Å². The van der Waals surface area contributed by atoms with Gasteiger partial charge in [0.1, 0.15) is 0 Å². The van der Waals surface area contributed by atoms with Gasteiger partial charge in [-0.1, -0.05) is 6.92 Å². The van der Waals surface area contributed by atoms with Crippen LogP contribution < -0.4 is 5.73 Å². The zero-order valence-corrected chi connectivity index (χ0v) is 9.90. The summed E-state index contributed by atoms with van der Waals surface area (Å²) in [5.41, 5.74) is 4.59.